The van der Waals surface area contributed by atoms with Crippen LogP contribution in [0.3, 0.4) is 0 Å². The first-order chi connectivity index (χ1) is 7.62. The van der Waals surface area contributed by atoms with Crippen LogP contribution in [0.5, 0.6) is 0 Å². The van der Waals surface area contributed by atoms with Gasteiger partial charge in [-0.25, -0.2) is 9.97 Å². The van der Waals surface area contributed by atoms with Gasteiger partial charge in [-0.05, 0) is 19.8 Å². The van der Waals surface area contributed by atoms with E-state index in [1.807, 2.05) is 0 Å². The van der Waals surface area contributed by atoms with Crippen molar-refractivity contribution in [3.8, 4) is 0 Å². The van der Waals surface area contributed by atoms with Crippen molar-refractivity contribution in [2.45, 2.75) is 25.4 Å². The van der Waals surface area contributed by atoms with E-state index in [9.17, 15) is 4.79 Å². The molecule has 1 aliphatic heterocycles. The maximum absolute atomic E-state index is 11.9. The van der Waals surface area contributed by atoms with Crippen LogP contribution >= 0.6 is 11.6 Å². The van der Waals surface area contributed by atoms with Crippen LogP contribution in [0.2, 0.25) is 5.15 Å². The summed E-state index contributed by atoms with van der Waals surface area (Å²) in [6.07, 6.45) is 4.53. The molecule has 2 rings (SSSR count). The molecule has 86 valence electrons. The van der Waals surface area contributed by atoms with E-state index >= 15 is 0 Å². The van der Waals surface area contributed by atoms with E-state index in [2.05, 4.69) is 15.3 Å². The lowest BCUT2D eigenvalue weighted by Crippen LogP contribution is -2.39. The number of carbonyl (C=O) groups excluding carboxylic acids is 1. The van der Waals surface area contributed by atoms with Crippen LogP contribution in [0.1, 0.15) is 19.8 Å². The Balaban J connectivity index is 2.10. The summed E-state index contributed by atoms with van der Waals surface area (Å²) in [6, 6.07) is 0. The van der Waals surface area contributed by atoms with Crippen LogP contribution in [0, 0.1) is 0 Å². The second kappa shape index (κ2) is 4.35. The van der Waals surface area contributed by atoms with Crippen molar-refractivity contribution in [2.24, 2.45) is 0 Å². The lowest BCUT2D eigenvalue weighted by molar-refractivity contribution is -0.133. The average Bonchev–Trinajstić information content (AvgIpc) is 2.70. The molecule has 0 aromatic carbocycles. The Hall–Kier alpha value is -1.20. The highest BCUT2D eigenvalue weighted by Crippen LogP contribution is 2.27. The molecular weight excluding hydrogens is 230 g/mol. The Bertz CT molecular complexity index is 405. The van der Waals surface area contributed by atoms with E-state index in [1.54, 1.807) is 6.92 Å². The summed E-state index contributed by atoms with van der Waals surface area (Å²) in [5, 5.41) is 2.80. The van der Waals surface area contributed by atoms with Crippen molar-refractivity contribution in [2.75, 3.05) is 11.9 Å². The van der Waals surface area contributed by atoms with E-state index in [4.69, 9.17) is 16.3 Å². The van der Waals surface area contributed by atoms with Gasteiger partial charge in [0, 0.05) is 19.0 Å². The molecule has 1 fully saturated rings. The van der Waals surface area contributed by atoms with Crippen molar-refractivity contribution >= 4 is 23.3 Å². The van der Waals surface area contributed by atoms with E-state index in [-0.39, 0.29) is 16.9 Å². The maximum Gasteiger partial charge on any atom is 0.257 e. The topological polar surface area (TPSA) is 64.1 Å². The molecule has 1 N–H and O–H groups in total. The number of halogens is 1. The second-order valence-corrected chi connectivity index (χ2v) is 4.19. The van der Waals surface area contributed by atoms with Crippen molar-refractivity contribution < 1.29 is 9.53 Å². The Morgan fingerprint density at radius 2 is 2.31 bits per heavy atom. The first-order valence-corrected chi connectivity index (χ1v) is 5.41. The van der Waals surface area contributed by atoms with Gasteiger partial charge in [-0.3, -0.25) is 4.79 Å². The minimum atomic E-state index is -0.777. The molecule has 1 atom stereocenters. The molecule has 16 heavy (non-hydrogen) atoms. The van der Waals surface area contributed by atoms with Gasteiger partial charge in [-0.1, -0.05) is 11.6 Å². The van der Waals surface area contributed by atoms with Gasteiger partial charge in [0.2, 0.25) is 0 Å². The lowest BCUT2D eigenvalue weighted by atomic mass is 10.0. The van der Waals surface area contributed by atoms with Gasteiger partial charge in [0.1, 0.15) is 5.60 Å². The van der Waals surface area contributed by atoms with Gasteiger partial charge in [0.15, 0.2) is 11.0 Å². The smallest absolute Gasteiger partial charge is 0.257 e. The summed E-state index contributed by atoms with van der Waals surface area (Å²) in [6.45, 7) is 2.37. The molecule has 1 aliphatic rings. The van der Waals surface area contributed by atoms with Crippen molar-refractivity contribution in [3.05, 3.63) is 17.5 Å². The Morgan fingerprint density at radius 3 is 2.94 bits per heavy atom. The predicted molar refractivity (Wildman–Crippen MR) is 59.3 cm³/mol. The summed E-state index contributed by atoms with van der Waals surface area (Å²) < 4.78 is 5.41. The van der Waals surface area contributed by atoms with E-state index in [1.165, 1.54) is 12.4 Å². The van der Waals surface area contributed by atoms with Crippen molar-refractivity contribution in [1.82, 2.24) is 9.97 Å². The zero-order chi connectivity index (χ0) is 11.6. The van der Waals surface area contributed by atoms with Crippen LogP contribution in [-0.2, 0) is 9.53 Å². The summed E-state index contributed by atoms with van der Waals surface area (Å²) >= 11 is 5.79. The minimum absolute atomic E-state index is 0.178. The molecule has 0 saturated carbocycles. The summed E-state index contributed by atoms with van der Waals surface area (Å²) in [4.78, 5) is 19.7. The van der Waals surface area contributed by atoms with Gasteiger partial charge < -0.3 is 10.1 Å². The monoisotopic (exact) mass is 241 g/mol. The molecule has 0 radical (unpaired) electrons. The fourth-order valence-electron chi connectivity index (χ4n) is 1.60. The lowest BCUT2D eigenvalue weighted by Gasteiger charge is -2.21. The van der Waals surface area contributed by atoms with Crippen molar-refractivity contribution in [1.29, 1.82) is 0 Å². The Labute approximate surface area is 98.2 Å². The summed E-state index contributed by atoms with van der Waals surface area (Å²) in [7, 11) is 0. The van der Waals surface area contributed by atoms with Gasteiger partial charge in [0.25, 0.3) is 5.91 Å². The number of hydrogen-bond donors (Lipinski definition) is 1. The fourth-order valence-corrected chi connectivity index (χ4v) is 1.76. The number of rotatable bonds is 2. The van der Waals surface area contributed by atoms with Gasteiger partial charge in [0.05, 0.1) is 0 Å². The van der Waals surface area contributed by atoms with Crippen molar-refractivity contribution in [3.63, 3.8) is 0 Å². The maximum atomic E-state index is 11.9. The number of carbonyl (C=O) groups is 1. The number of ether oxygens (including phenoxy) is 1. The summed E-state index contributed by atoms with van der Waals surface area (Å²) in [5.41, 5.74) is -0.777. The van der Waals surface area contributed by atoms with Crippen LogP contribution < -0.4 is 5.32 Å². The predicted octanol–water partition coefficient (Wildman–Crippen LogP) is 1.64. The van der Waals surface area contributed by atoms with Gasteiger partial charge >= 0.3 is 0 Å². The van der Waals surface area contributed by atoms with E-state index in [0.717, 1.165) is 6.42 Å². The highest BCUT2D eigenvalue weighted by Gasteiger charge is 2.38. The SMILES string of the molecule is CC1(C(=O)Nc2nccnc2Cl)CCCO1. The average molecular weight is 242 g/mol. The first kappa shape index (κ1) is 11.3. The highest BCUT2D eigenvalue weighted by molar-refractivity contribution is 6.32. The second-order valence-electron chi connectivity index (χ2n) is 3.83. The molecule has 2 heterocycles. The number of nitrogens with zero attached hydrogens (tertiary/aromatic N) is 2. The number of hydrogen-bond acceptors (Lipinski definition) is 4. The van der Waals surface area contributed by atoms with Gasteiger partial charge in [-0.15, -0.1) is 0 Å². The van der Waals surface area contributed by atoms with Crippen LogP contribution in [0.4, 0.5) is 5.82 Å². The quantitative estimate of drug-likeness (QED) is 0.855. The normalized spacial score (nSPS) is 24.4. The largest absolute Gasteiger partial charge is 0.365 e. The van der Waals surface area contributed by atoms with Gasteiger partial charge in [-0.2, -0.15) is 0 Å². The van der Waals surface area contributed by atoms with E-state index in [0.29, 0.717) is 13.0 Å². The number of nitrogens with one attached hydrogen (secondary N) is 1. The molecule has 1 unspecified atom stereocenters. The molecule has 1 aromatic rings. The molecule has 1 aromatic heterocycles. The van der Waals surface area contributed by atoms with Crippen LogP contribution in [0.25, 0.3) is 0 Å². The molecular formula is C10H12ClN3O2. The standard InChI is InChI=1S/C10H12ClN3O2/c1-10(3-2-6-16-10)9(15)14-8-7(11)12-4-5-13-8/h4-5H,2-3,6H2,1H3,(H,13,14,15). The van der Waals surface area contributed by atoms with Crippen LogP contribution in [0.15, 0.2) is 12.4 Å². The fraction of sp³-hybridized carbons (Fsp3) is 0.500. The minimum Gasteiger partial charge on any atom is -0.365 e. The number of aromatic nitrogens is 2. The third-order valence-corrected chi connectivity index (χ3v) is 2.86. The Morgan fingerprint density at radius 1 is 1.56 bits per heavy atom. The third kappa shape index (κ3) is 2.15. The number of amides is 1. The zero-order valence-corrected chi connectivity index (χ0v) is 9.62. The first-order valence-electron chi connectivity index (χ1n) is 5.04. The molecule has 1 amide bonds. The van der Waals surface area contributed by atoms with E-state index < -0.39 is 5.60 Å². The molecule has 0 aliphatic carbocycles. The molecule has 5 nitrogen and oxygen atoms in total. The molecule has 0 spiro atoms. The molecule has 0 bridgehead atoms. The highest BCUT2D eigenvalue weighted by atomic mass is 35.5. The summed E-state index contributed by atoms with van der Waals surface area (Å²) in [5.74, 6) is 0.0401. The molecule has 1 saturated heterocycles. The third-order valence-electron chi connectivity index (χ3n) is 2.58. The zero-order valence-electron chi connectivity index (χ0n) is 8.86. The number of anilines is 1. The molecule has 6 heteroatoms. The Kier molecular flexibility index (Phi) is 3.07. The van der Waals surface area contributed by atoms with Crippen LogP contribution in [-0.4, -0.2) is 28.1 Å².